The van der Waals surface area contributed by atoms with Gasteiger partial charge in [0.05, 0.1) is 5.41 Å². The summed E-state index contributed by atoms with van der Waals surface area (Å²) in [6.07, 6.45) is 3.73. The second-order valence-corrected chi connectivity index (χ2v) is 7.04. The number of carbonyl (C=O) groups excluding carboxylic acids is 1. The normalized spacial score (nSPS) is 27.3. The van der Waals surface area contributed by atoms with Crippen molar-refractivity contribution >= 4 is 21.8 Å². The highest BCUT2D eigenvalue weighted by atomic mass is 79.9. The fourth-order valence-corrected chi connectivity index (χ4v) is 3.15. The molecule has 0 aromatic heterocycles. The monoisotopic (exact) mass is 338 g/mol. The summed E-state index contributed by atoms with van der Waals surface area (Å²) in [6.45, 7) is 4.04. The second kappa shape index (κ2) is 6.27. The van der Waals surface area contributed by atoms with Gasteiger partial charge in [0.15, 0.2) is 0 Å². The van der Waals surface area contributed by atoms with E-state index in [1.54, 1.807) is 0 Å². The van der Waals surface area contributed by atoms with E-state index in [0.29, 0.717) is 0 Å². The first kappa shape index (κ1) is 15.5. The number of carbonyl (C=O) groups is 1. The number of amides is 1. The van der Waals surface area contributed by atoms with Crippen molar-refractivity contribution in [3.63, 3.8) is 0 Å². The Bertz CT molecular complexity index is 474. The number of hydrogen-bond donors (Lipinski definition) is 2. The average Bonchev–Trinajstić information content (AvgIpc) is 2.74. The molecule has 0 heterocycles. The molecule has 3 nitrogen and oxygen atoms in total. The second-order valence-electron chi connectivity index (χ2n) is 6.12. The first-order chi connectivity index (χ1) is 9.41. The van der Waals surface area contributed by atoms with Gasteiger partial charge in [-0.15, -0.1) is 0 Å². The average molecular weight is 339 g/mol. The number of benzene rings is 1. The van der Waals surface area contributed by atoms with Crippen LogP contribution in [0.1, 0.15) is 38.7 Å². The highest BCUT2D eigenvalue weighted by molar-refractivity contribution is 9.10. The van der Waals surface area contributed by atoms with Crippen LogP contribution < -0.4 is 11.1 Å². The van der Waals surface area contributed by atoms with Gasteiger partial charge in [0, 0.05) is 16.6 Å². The number of rotatable bonds is 4. The highest BCUT2D eigenvalue weighted by Gasteiger charge is 2.43. The molecule has 0 spiro atoms. The lowest BCUT2D eigenvalue weighted by Gasteiger charge is -2.29. The van der Waals surface area contributed by atoms with E-state index in [2.05, 4.69) is 33.4 Å². The van der Waals surface area contributed by atoms with Crippen LogP contribution in [0, 0.1) is 5.41 Å². The molecular formula is C16H23BrN2O. The Hall–Kier alpha value is -0.870. The molecule has 3 unspecified atom stereocenters. The van der Waals surface area contributed by atoms with Crippen LogP contribution in [0.2, 0.25) is 0 Å². The molecule has 1 amide bonds. The molecule has 1 aromatic carbocycles. The summed E-state index contributed by atoms with van der Waals surface area (Å²) in [4.78, 5) is 12.4. The lowest BCUT2D eigenvalue weighted by atomic mass is 9.84. The third-order valence-electron chi connectivity index (χ3n) is 4.38. The van der Waals surface area contributed by atoms with Crippen molar-refractivity contribution in [2.45, 2.75) is 51.6 Å². The lowest BCUT2D eigenvalue weighted by molar-refractivity contribution is -0.131. The summed E-state index contributed by atoms with van der Waals surface area (Å²) in [6, 6.07) is 8.32. The molecule has 3 atom stereocenters. The number of nitrogens with two attached hydrogens (primary N) is 1. The fraction of sp³-hybridized carbons (Fsp3) is 0.562. The first-order valence-corrected chi connectivity index (χ1v) is 8.02. The van der Waals surface area contributed by atoms with E-state index in [1.165, 1.54) is 5.56 Å². The Morgan fingerprint density at radius 3 is 2.70 bits per heavy atom. The molecule has 0 aliphatic heterocycles. The molecule has 1 fully saturated rings. The largest absolute Gasteiger partial charge is 0.353 e. The summed E-state index contributed by atoms with van der Waals surface area (Å²) < 4.78 is 1.07. The Morgan fingerprint density at radius 2 is 2.15 bits per heavy atom. The summed E-state index contributed by atoms with van der Waals surface area (Å²) >= 11 is 3.43. The molecule has 0 radical (unpaired) electrons. The van der Waals surface area contributed by atoms with Crippen LogP contribution in [0.3, 0.4) is 0 Å². The topological polar surface area (TPSA) is 55.1 Å². The molecule has 1 saturated carbocycles. The number of nitrogens with one attached hydrogen (secondary N) is 1. The Labute approximate surface area is 129 Å². The van der Waals surface area contributed by atoms with Crippen LogP contribution in [-0.4, -0.2) is 18.0 Å². The van der Waals surface area contributed by atoms with E-state index >= 15 is 0 Å². The van der Waals surface area contributed by atoms with Gasteiger partial charge < -0.3 is 11.1 Å². The molecule has 4 heteroatoms. The van der Waals surface area contributed by atoms with Crippen LogP contribution in [0.15, 0.2) is 28.7 Å². The quantitative estimate of drug-likeness (QED) is 0.886. The molecule has 0 saturated heterocycles. The molecule has 20 heavy (non-hydrogen) atoms. The highest BCUT2D eigenvalue weighted by Crippen LogP contribution is 2.36. The molecule has 2 rings (SSSR count). The predicted molar refractivity (Wildman–Crippen MR) is 85.4 cm³/mol. The van der Waals surface area contributed by atoms with Gasteiger partial charge in [-0.1, -0.05) is 34.5 Å². The molecular weight excluding hydrogens is 316 g/mol. The van der Waals surface area contributed by atoms with Crippen LogP contribution >= 0.6 is 15.9 Å². The van der Waals surface area contributed by atoms with Crippen molar-refractivity contribution in [1.29, 1.82) is 0 Å². The smallest absolute Gasteiger partial charge is 0.227 e. The number of hydrogen-bond acceptors (Lipinski definition) is 2. The van der Waals surface area contributed by atoms with Crippen LogP contribution in [0.4, 0.5) is 0 Å². The maximum absolute atomic E-state index is 12.4. The van der Waals surface area contributed by atoms with Gasteiger partial charge in [0.25, 0.3) is 0 Å². The van der Waals surface area contributed by atoms with Gasteiger partial charge in [-0.25, -0.2) is 0 Å². The number of halogens is 1. The molecule has 0 bridgehead atoms. The maximum Gasteiger partial charge on any atom is 0.227 e. The van der Waals surface area contributed by atoms with Crippen molar-refractivity contribution in [3.8, 4) is 0 Å². The van der Waals surface area contributed by atoms with Crippen molar-refractivity contribution in [3.05, 3.63) is 34.3 Å². The predicted octanol–water partition coefficient (Wildman–Crippen LogP) is 3.01. The Kier molecular flexibility index (Phi) is 4.86. The van der Waals surface area contributed by atoms with Crippen LogP contribution in [-0.2, 0) is 11.2 Å². The third-order valence-corrected chi connectivity index (χ3v) is 4.91. The summed E-state index contributed by atoms with van der Waals surface area (Å²) in [5.41, 5.74) is 6.92. The fourth-order valence-electron chi connectivity index (χ4n) is 2.89. The Morgan fingerprint density at radius 1 is 1.50 bits per heavy atom. The van der Waals surface area contributed by atoms with Crippen molar-refractivity contribution < 1.29 is 4.79 Å². The van der Waals surface area contributed by atoms with E-state index in [9.17, 15) is 4.79 Å². The Balaban J connectivity index is 1.92. The molecule has 110 valence electrons. The summed E-state index contributed by atoms with van der Waals surface area (Å²) in [5, 5.41) is 3.13. The minimum absolute atomic E-state index is 0.0117. The molecule has 1 aromatic rings. The van der Waals surface area contributed by atoms with Gasteiger partial charge in [0.1, 0.15) is 0 Å². The first-order valence-electron chi connectivity index (χ1n) is 7.23. The molecule has 1 aliphatic rings. The van der Waals surface area contributed by atoms with Crippen molar-refractivity contribution in [2.24, 2.45) is 11.1 Å². The summed E-state index contributed by atoms with van der Waals surface area (Å²) in [7, 11) is 0. The van der Waals surface area contributed by atoms with Crippen molar-refractivity contribution in [1.82, 2.24) is 5.32 Å². The van der Waals surface area contributed by atoms with Gasteiger partial charge >= 0.3 is 0 Å². The van der Waals surface area contributed by atoms with Crippen molar-refractivity contribution in [2.75, 3.05) is 0 Å². The van der Waals surface area contributed by atoms with E-state index in [4.69, 9.17) is 5.73 Å². The van der Waals surface area contributed by atoms with Gasteiger partial charge in [-0.2, -0.15) is 0 Å². The van der Waals surface area contributed by atoms with Crippen LogP contribution in [0.5, 0.6) is 0 Å². The zero-order valence-corrected chi connectivity index (χ0v) is 13.7. The van der Waals surface area contributed by atoms with E-state index < -0.39 is 5.41 Å². The molecule has 1 aliphatic carbocycles. The maximum atomic E-state index is 12.4. The SMILES string of the molecule is CC(Cc1ccc(Br)cc1)NC(=O)C1(C)CCCC1N. The van der Waals surface area contributed by atoms with Gasteiger partial charge in [0.2, 0.25) is 5.91 Å². The summed E-state index contributed by atoms with van der Waals surface area (Å²) in [5.74, 6) is 0.104. The third kappa shape index (κ3) is 3.41. The molecule has 3 N–H and O–H groups in total. The van der Waals surface area contributed by atoms with Crippen LogP contribution in [0.25, 0.3) is 0 Å². The lowest BCUT2D eigenvalue weighted by Crippen LogP contribution is -2.50. The minimum atomic E-state index is -0.395. The zero-order chi connectivity index (χ0) is 14.8. The standard InChI is InChI=1S/C16H23BrN2O/c1-11(10-12-5-7-13(17)8-6-12)19-15(20)16(2)9-3-4-14(16)18/h5-8,11,14H,3-4,9-10,18H2,1-2H3,(H,19,20). The van der Waals surface area contributed by atoms with E-state index in [-0.39, 0.29) is 18.0 Å². The van der Waals surface area contributed by atoms with E-state index in [0.717, 1.165) is 30.2 Å². The minimum Gasteiger partial charge on any atom is -0.353 e. The zero-order valence-electron chi connectivity index (χ0n) is 12.2. The van der Waals surface area contributed by atoms with Gasteiger partial charge in [-0.3, -0.25) is 4.79 Å². The van der Waals surface area contributed by atoms with Gasteiger partial charge in [-0.05, 0) is 50.8 Å². The van der Waals surface area contributed by atoms with E-state index in [1.807, 2.05) is 26.0 Å².